The van der Waals surface area contributed by atoms with Gasteiger partial charge in [0.1, 0.15) is 0 Å². The topological polar surface area (TPSA) is 3.24 Å². The Morgan fingerprint density at radius 1 is 0.259 bits per heavy atom. The molecule has 0 spiro atoms. The summed E-state index contributed by atoms with van der Waals surface area (Å²) in [4.78, 5) is 2.46. The average molecular weight is 742 g/mol. The molecular formula is C57H43N. The Kier molecular flexibility index (Phi) is 8.92. The van der Waals surface area contributed by atoms with Crippen molar-refractivity contribution in [2.75, 3.05) is 4.90 Å². The minimum Gasteiger partial charge on any atom is -0.310 e. The summed E-state index contributed by atoms with van der Waals surface area (Å²) in [6.07, 6.45) is 0. The lowest BCUT2D eigenvalue weighted by Gasteiger charge is -2.42. The van der Waals surface area contributed by atoms with E-state index in [2.05, 4.69) is 243 Å². The van der Waals surface area contributed by atoms with Crippen molar-refractivity contribution >= 4 is 17.1 Å². The molecule has 1 nitrogen and oxygen atoms in total. The second kappa shape index (κ2) is 14.7. The SMILES string of the molecule is CC1(C)c2cc(-c3ccc(-c4ccccc4)cc3)ccc2N(c2ccc(-c3cccc(-c4ccccc4)c3)cc2)c2ccc(-c3cccc(-c4ccccc4)c3)cc21. The van der Waals surface area contributed by atoms with Gasteiger partial charge in [0.2, 0.25) is 0 Å². The van der Waals surface area contributed by atoms with Crippen LogP contribution >= 0.6 is 0 Å². The van der Waals surface area contributed by atoms with Crippen molar-refractivity contribution in [3.63, 3.8) is 0 Å². The molecule has 10 rings (SSSR count). The third-order valence-corrected chi connectivity index (χ3v) is 11.9. The van der Waals surface area contributed by atoms with Gasteiger partial charge >= 0.3 is 0 Å². The quantitative estimate of drug-likeness (QED) is 0.157. The molecule has 1 aliphatic rings. The van der Waals surface area contributed by atoms with Crippen molar-refractivity contribution in [3.8, 4) is 66.8 Å². The third kappa shape index (κ3) is 6.51. The Morgan fingerprint density at radius 3 is 0.966 bits per heavy atom. The van der Waals surface area contributed by atoms with Crippen LogP contribution in [0.1, 0.15) is 25.0 Å². The van der Waals surface area contributed by atoms with E-state index in [1.807, 2.05) is 0 Å². The van der Waals surface area contributed by atoms with Crippen LogP contribution in [0.2, 0.25) is 0 Å². The molecule has 0 N–H and O–H groups in total. The lowest BCUT2D eigenvalue weighted by molar-refractivity contribution is 0.632. The molecule has 0 unspecified atom stereocenters. The Bertz CT molecular complexity index is 2870. The van der Waals surface area contributed by atoms with E-state index in [1.165, 1.54) is 89.3 Å². The molecule has 276 valence electrons. The van der Waals surface area contributed by atoms with Crippen molar-refractivity contribution < 1.29 is 0 Å². The second-order valence-electron chi connectivity index (χ2n) is 15.8. The zero-order valence-electron chi connectivity index (χ0n) is 32.8. The zero-order valence-corrected chi connectivity index (χ0v) is 32.8. The molecule has 0 saturated heterocycles. The van der Waals surface area contributed by atoms with Crippen LogP contribution in [0.5, 0.6) is 0 Å². The summed E-state index contributed by atoms with van der Waals surface area (Å²) in [7, 11) is 0. The van der Waals surface area contributed by atoms with Crippen molar-refractivity contribution in [2.45, 2.75) is 19.3 Å². The highest BCUT2D eigenvalue weighted by molar-refractivity contribution is 5.90. The summed E-state index contributed by atoms with van der Waals surface area (Å²) >= 11 is 0. The van der Waals surface area contributed by atoms with Crippen molar-refractivity contribution in [2.24, 2.45) is 0 Å². The maximum atomic E-state index is 2.46. The van der Waals surface area contributed by atoms with Crippen molar-refractivity contribution in [3.05, 3.63) is 236 Å². The van der Waals surface area contributed by atoms with Crippen molar-refractivity contribution in [1.29, 1.82) is 0 Å². The van der Waals surface area contributed by atoms with Crippen LogP contribution in [-0.4, -0.2) is 0 Å². The van der Waals surface area contributed by atoms with Gasteiger partial charge < -0.3 is 4.90 Å². The first kappa shape index (κ1) is 35.2. The Labute approximate surface area is 342 Å². The molecule has 1 heterocycles. The molecule has 0 fully saturated rings. The summed E-state index contributed by atoms with van der Waals surface area (Å²) in [5, 5.41) is 0. The van der Waals surface area contributed by atoms with Gasteiger partial charge in [0.25, 0.3) is 0 Å². The molecule has 0 amide bonds. The minimum absolute atomic E-state index is 0.272. The number of hydrogen-bond donors (Lipinski definition) is 0. The minimum atomic E-state index is -0.272. The molecule has 0 aliphatic carbocycles. The van der Waals surface area contributed by atoms with E-state index >= 15 is 0 Å². The Morgan fingerprint density at radius 2 is 0.534 bits per heavy atom. The number of hydrogen-bond acceptors (Lipinski definition) is 1. The smallest absolute Gasteiger partial charge is 0.0503 e. The van der Waals surface area contributed by atoms with Gasteiger partial charge in [-0.25, -0.2) is 0 Å². The maximum absolute atomic E-state index is 2.46. The standard InChI is InChI=1S/C57H43N/c1-57(2)53-38-50(44-26-24-43(25-27-44)40-14-6-3-7-15-40)30-34-55(53)58(52-32-28-45(29-33-52)48-22-12-20-46(36-48)41-16-8-4-9-17-41)56-35-31-51(39-54(56)57)49-23-13-21-47(37-49)42-18-10-5-11-19-42/h3-39H,1-2H3. The fraction of sp³-hybridized carbons (Fsp3) is 0.0526. The first-order chi connectivity index (χ1) is 28.5. The molecule has 1 heteroatoms. The zero-order chi connectivity index (χ0) is 39.1. The molecule has 0 atom stereocenters. The summed E-state index contributed by atoms with van der Waals surface area (Å²) in [6.45, 7) is 4.77. The van der Waals surface area contributed by atoms with Gasteiger partial charge in [-0.15, -0.1) is 0 Å². The first-order valence-electron chi connectivity index (χ1n) is 20.2. The fourth-order valence-corrected chi connectivity index (χ4v) is 8.68. The van der Waals surface area contributed by atoms with E-state index in [4.69, 9.17) is 0 Å². The van der Waals surface area contributed by atoms with Gasteiger partial charge in [-0.1, -0.05) is 190 Å². The summed E-state index contributed by atoms with van der Waals surface area (Å²) in [5.74, 6) is 0. The highest BCUT2D eigenvalue weighted by Gasteiger charge is 2.37. The number of benzene rings is 9. The van der Waals surface area contributed by atoms with Crippen LogP contribution in [0.25, 0.3) is 66.8 Å². The van der Waals surface area contributed by atoms with Crippen LogP contribution in [0.15, 0.2) is 224 Å². The third-order valence-electron chi connectivity index (χ3n) is 11.9. The fourth-order valence-electron chi connectivity index (χ4n) is 8.68. The highest BCUT2D eigenvalue weighted by atomic mass is 15.2. The van der Waals surface area contributed by atoms with Gasteiger partial charge in [-0.2, -0.15) is 0 Å². The van der Waals surface area contributed by atoms with E-state index in [0.717, 1.165) is 5.69 Å². The van der Waals surface area contributed by atoms with E-state index in [0.29, 0.717) is 0 Å². The molecule has 0 radical (unpaired) electrons. The molecule has 9 aromatic rings. The summed E-state index contributed by atoms with van der Waals surface area (Å²) < 4.78 is 0. The lowest BCUT2D eigenvalue weighted by Crippen LogP contribution is -2.30. The number of rotatable bonds is 7. The molecule has 0 bridgehead atoms. The normalized spacial score (nSPS) is 12.8. The number of nitrogens with zero attached hydrogens (tertiary/aromatic N) is 1. The van der Waals surface area contributed by atoms with Crippen LogP contribution in [0, 0.1) is 0 Å². The highest BCUT2D eigenvalue weighted by Crippen LogP contribution is 2.53. The molecule has 0 aromatic heterocycles. The summed E-state index contributed by atoms with van der Waals surface area (Å²) in [5.41, 5.74) is 20.5. The van der Waals surface area contributed by atoms with E-state index < -0.39 is 0 Å². The van der Waals surface area contributed by atoms with Crippen LogP contribution in [-0.2, 0) is 5.41 Å². The molecule has 9 aromatic carbocycles. The predicted octanol–water partition coefficient (Wildman–Crippen LogP) is 15.8. The Balaban J connectivity index is 1.07. The van der Waals surface area contributed by atoms with Gasteiger partial charge in [0, 0.05) is 11.1 Å². The lowest BCUT2D eigenvalue weighted by atomic mass is 9.72. The van der Waals surface area contributed by atoms with Crippen LogP contribution in [0.3, 0.4) is 0 Å². The van der Waals surface area contributed by atoms with E-state index in [-0.39, 0.29) is 5.41 Å². The van der Waals surface area contributed by atoms with Gasteiger partial charge in [-0.3, -0.25) is 0 Å². The average Bonchev–Trinajstić information content (AvgIpc) is 3.30. The van der Waals surface area contributed by atoms with E-state index in [1.54, 1.807) is 0 Å². The van der Waals surface area contributed by atoms with Gasteiger partial charge in [-0.05, 0) is 126 Å². The van der Waals surface area contributed by atoms with Gasteiger partial charge in [0.05, 0.1) is 11.4 Å². The van der Waals surface area contributed by atoms with E-state index in [9.17, 15) is 0 Å². The molecule has 0 saturated carbocycles. The molecule has 1 aliphatic heterocycles. The monoisotopic (exact) mass is 741 g/mol. The Hall–Kier alpha value is -7.22. The summed E-state index contributed by atoms with van der Waals surface area (Å²) in [6, 6.07) is 81.8. The van der Waals surface area contributed by atoms with Crippen LogP contribution in [0.4, 0.5) is 17.1 Å². The number of anilines is 3. The van der Waals surface area contributed by atoms with Crippen molar-refractivity contribution in [1.82, 2.24) is 0 Å². The molecular weight excluding hydrogens is 699 g/mol. The predicted molar refractivity (Wildman–Crippen MR) is 246 cm³/mol. The van der Waals surface area contributed by atoms with Crippen LogP contribution < -0.4 is 4.90 Å². The molecule has 58 heavy (non-hydrogen) atoms. The van der Waals surface area contributed by atoms with Gasteiger partial charge in [0.15, 0.2) is 0 Å². The maximum Gasteiger partial charge on any atom is 0.0503 e. The second-order valence-corrected chi connectivity index (χ2v) is 15.8. The first-order valence-corrected chi connectivity index (χ1v) is 20.2. The number of fused-ring (bicyclic) bond motifs is 2. The largest absolute Gasteiger partial charge is 0.310 e.